The highest BCUT2D eigenvalue weighted by Crippen LogP contribution is 2.24. The molecule has 170 valence electrons. The lowest BCUT2D eigenvalue weighted by Crippen LogP contribution is -2.27. The van der Waals surface area contributed by atoms with Gasteiger partial charge in [-0.1, -0.05) is 24.3 Å². The van der Waals surface area contributed by atoms with Crippen LogP contribution < -0.4 is 9.64 Å². The van der Waals surface area contributed by atoms with E-state index in [4.69, 9.17) is 9.84 Å². The SMILES string of the molecule is Cc1cnc(N(CCCOc2ccc3[nH]cc(CC(=O)O)c3c2)Cc2ccccc2C)nc1. The van der Waals surface area contributed by atoms with E-state index in [0.717, 1.165) is 47.3 Å². The quantitative estimate of drug-likeness (QED) is 0.345. The maximum absolute atomic E-state index is 11.1. The molecule has 2 heterocycles. The Morgan fingerprint density at radius 2 is 1.88 bits per heavy atom. The Hall–Kier alpha value is -3.87. The summed E-state index contributed by atoms with van der Waals surface area (Å²) in [5.41, 5.74) is 5.16. The average molecular weight is 445 g/mol. The molecule has 0 aliphatic carbocycles. The summed E-state index contributed by atoms with van der Waals surface area (Å²) >= 11 is 0. The molecule has 2 N–H and O–H groups in total. The van der Waals surface area contributed by atoms with Gasteiger partial charge in [-0.15, -0.1) is 0 Å². The summed E-state index contributed by atoms with van der Waals surface area (Å²) in [6.45, 7) is 6.09. The molecule has 0 spiro atoms. The molecule has 0 amide bonds. The predicted molar refractivity (Wildman–Crippen MR) is 129 cm³/mol. The Bertz CT molecular complexity index is 1230. The van der Waals surface area contributed by atoms with Crippen molar-refractivity contribution in [1.82, 2.24) is 15.0 Å². The van der Waals surface area contributed by atoms with E-state index in [1.54, 1.807) is 6.20 Å². The van der Waals surface area contributed by atoms with Crippen molar-refractivity contribution in [3.63, 3.8) is 0 Å². The van der Waals surface area contributed by atoms with Crippen LogP contribution in [0.3, 0.4) is 0 Å². The highest BCUT2D eigenvalue weighted by molar-refractivity contribution is 5.88. The number of nitrogens with zero attached hydrogens (tertiary/aromatic N) is 3. The minimum Gasteiger partial charge on any atom is -0.494 e. The van der Waals surface area contributed by atoms with E-state index in [2.05, 4.69) is 45.0 Å². The lowest BCUT2D eigenvalue weighted by Gasteiger charge is -2.23. The molecule has 4 aromatic rings. The van der Waals surface area contributed by atoms with Gasteiger partial charge in [0.2, 0.25) is 5.95 Å². The lowest BCUT2D eigenvalue weighted by atomic mass is 10.1. The third-order valence-corrected chi connectivity index (χ3v) is 5.59. The van der Waals surface area contributed by atoms with Crippen molar-refractivity contribution in [1.29, 1.82) is 0 Å². The van der Waals surface area contributed by atoms with Crippen LogP contribution in [-0.2, 0) is 17.8 Å². The van der Waals surface area contributed by atoms with Crippen molar-refractivity contribution >= 4 is 22.8 Å². The van der Waals surface area contributed by atoms with Crippen LogP contribution in [0.1, 0.15) is 28.7 Å². The fraction of sp³-hybridized carbons (Fsp3) is 0.269. The van der Waals surface area contributed by atoms with E-state index in [9.17, 15) is 4.79 Å². The van der Waals surface area contributed by atoms with Crippen LogP contribution >= 0.6 is 0 Å². The Morgan fingerprint density at radius 1 is 1.09 bits per heavy atom. The average Bonchev–Trinajstić information content (AvgIpc) is 3.19. The van der Waals surface area contributed by atoms with Crippen LogP contribution in [0.2, 0.25) is 0 Å². The summed E-state index contributed by atoms with van der Waals surface area (Å²) in [6, 6.07) is 14.1. The number of hydrogen-bond donors (Lipinski definition) is 2. The van der Waals surface area contributed by atoms with Crippen molar-refractivity contribution in [3.8, 4) is 5.75 Å². The number of aryl methyl sites for hydroxylation is 2. The van der Waals surface area contributed by atoms with E-state index in [-0.39, 0.29) is 6.42 Å². The fourth-order valence-corrected chi connectivity index (χ4v) is 3.79. The van der Waals surface area contributed by atoms with E-state index in [1.165, 1.54) is 11.1 Å². The normalized spacial score (nSPS) is 11.0. The first-order valence-electron chi connectivity index (χ1n) is 11.0. The number of H-pyrrole nitrogens is 1. The van der Waals surface area contributed by atoms with Crippen LogP contribution in [-0.4, -0.2) is 39.2 Å². The van der Waals surface area contributed by atoms with Crippen molar-refractivity contribution in [3.05, 3.63) is 83.3 Å². The number of aliphatic carboxylic acids is 1. The molecule has 0 bridgehead atoms. The van der Waals surface area contributed by atoms with Crippen LogP contribution in [0.4, 0.5) is 5.95 Å². The molecule has 0 unspecified atom stereocenters. The molecule has 0 atom stereocenters. The number of carboxylic acids is 1. The summed E-state index contributed by atoms with van der Waals surface area (Å²) in [7, 11) is 0. The summed E-state index contributed by atoms with van der Waals surface area (Å²) in [6.07, 6.45) is 6.19. The first kappa shape index (κ1) is 22.3. The number of benzene rings is 2. The first-order chi connectivity index (χ1) is 16.0. The zero-order chi connectivity index (χ0) is 23.2. The molecule has 0 aliphatic rings. The summed E-state index contributed by atoms with van der Waals surface area (Å²) in [4.78, 5) is 25.4. The third-order valence-electron chi connectivity index (χ3n) is 5.59. The third kappa shape index (κ3) is 5.68. The smallest absolute Gasteiger partial charge is 0.307 e. The summed E-state index contributed by atoms with van der Waals surface area (Å²) in [5.74, 6) is 0.580. The van der Waals surface area contributed by atoms with Crippen LogP contribution in [0, 0.1) is 13.8 Å². The van der Waals surface area contributed by atoms with E-state index in [0.29, 0.717) is 12.6 Å². The van der Waals surface area contributed by atoms with Gasteiger partial charge < -0.3 is 19.7 Å². The van der Waals surface area contributed by atoms with Crippen molar-refractivity contribution in [2.45, 2.75) is 33.2 Å². The highest BCUT2D eigenvalue weighted by Gasteiger charge is 2.12. The molecule has 7 nitrogen and oxygen atoms in total. The Balaban J connectivity index is 1.41. The minimum atomic E-state index is -0.853. The number of carboxylic acid groups (broad SMARTS) is 1. The van der Waals surface area contributed by atoms with Crippen molar-refractivity contribution in [2.75, 3.05) is 18.1 Å². The van der Waals surface area contributed by atoms with Gasteiger partial charge in [-0.25, -0.2) is 9.97 Å². The number of aromatic amines is 1. The van der Waals surface area contributed by atoms with Gasteiger partial charge in [0.05, 0.1) is 13.0 Å². The molecule has 0 saturated heterocycles. The van der Waals surface area contributed by atoms with E-state index in [1.807, 2.05) is 43.6 Å². The maximum atomic E-state index is 11.1. The largest absolute Gasteiger partial charge is 0.494 e. The predicted octanol–water partition coefficient (Wildman–Crippen LogP) is 4.68. The van der Waals surface area contributed by atoms with Gasteiger partial charge >= 0.3 is 5.97 Å². The molecule has 33 heavy (non-hydrogen) atoms. The Morgan fingerprint density at radius 3 is 2.64 bits per heavy atom. The van der Waals surface area contributed by atoms with Gasteiger partial charge in [0, 0.05) is 42.6 Å². The number of anilines is 1. The number of hydrogen-bond acceptors (Lipinski definition) is 5. The molecule has 2 aromatic carbocycles. The van der Waals surface area contributed by atoms with E-state index < -0.39 is 5.97 Å². The molecule has 0 fully saturated rings. The molecule has 4 rings (SSSR count). The van der Waals surface area contributed by atoms with Gasteiger partial charge in [-0.3, -0.25) is 4.79 Å². The topological polar surface area (TPSA) is 91.3 Å². The Kier molecular flexibility index (Phi) is 6.88. The van der Waals surface area contributed by atoms with Crippen LogP contribution in [0.5, 0.6) is 5.75 Å². The van der Waals surface area contributed by atoms with Crippen molar-refractivity contribution in [2.24, 2.45) is 0 Å². The van der Waals surface area contributed by atoms with Gasteiger partial charge in [0.15, 0.2) is 0 Å². The number of nitrogens with one attached hydrogen (secondary N) is 1. The number of aromatic nitrogens is 3. The number of fused-ring (bicyclic) bond motifs is 1. The summed E-state index contributed by atoms with van der Waals surface area (Å²) in [5, 5.41) is 9.99. The zero-order valence-electron chi connectivity index (χ0n) is 18.9. The monoisotopic (exact) mass is 444 g/mol. The van der Waals surface area contributed by atoms with Crippen molar-refractivity contribution < 1.29 is 14.6 Å². The molecular formula is C26H28N4O3. The number of rotatable bonds is 10. The molecule has 0 saturated carbocycles. The van der Waals surface area contributed by atoms with Crippen LogP contribution in [0.25, 0.3) is 10.9 Å². The maximum Gasteiger partial charge on any atom is 0.307 e. The minimum absolute atomic E-state index is 0.0200. The fourth-order valence-electron chi connectivity index (χ4n) is 3.79. The summed E-state index contributed by atoms with van der Waals surface area (Å²) < 4.78 is 5.99. The first-order valence-corrected chi connectivity index (χ1v) is 11.0. The van der Waals surface area contributed by atoms with Gasteiger partial charge in [0.1, 0.15) is 5.75 Å². The van der Waals surface area contributed by atoms with Gasteiger partial charge in [-0.2, -0.15) is 0 Å². The second kappa shape index (κ2) is 10.2. The zero-order valence-corrected chi connectivity index (χ0v) is 18.9. The van der Waals surface area contributed by atoms with Crippen LogP contribution in [0.15, 0.2) is 61.1 Å². The standard InChI is InChI=1S/C26H28N4O3/c1-18-14-28-26(29-15-18)30(17-20-7-4-3-6-19(20)2)10-5-11-33-22-8-9-24-23(13-22)21(16-27-24)12-25(31)32/h3-4,6-9,13-16,27H,5,10-12,17H2,1-2H3,(H,31,32). The van der Waals surface area contributed by atoms with Gasteiger partial charge in [-0.05, 0) is 60.7 Å². The lowest BCUT2D eigenvalue weighted by molar-refractivity contribution is -0.136. The molecule has 0 radical (unpaired) electrons. The molecule has 0 aliphatic heterocycles. The second-order valence-electron chi connectivity index (χ2n) is 8.20. The van der Waals surface area contributed by atoms with E-state index >= 15 is 0 Å². The number of carbonyl (C=O) groups is 1. The second-order valence-corrected chi connectivity index (χ2v) is 8.20. The molecule has 2 aromatic heterocycles. The van der Waals surface area contributed by atoms with Gasteiger partial charge in [0.25, 0.3) is 0 Å². The molecule has 7 heteroatoms. The highest BCUT2D eigenvalue weighted by atomic mass is 16.5. The molecular weight excluding hydrogens is 416 g/mol. The number of ether oxygens (including phenoxy) is 1. The Labute approximate surface area is 193 Å².